The molecule has 0 saturated heterocycles. The van der Waals surface area contributed by atoms with Gasteiger partial charge in [-0.1, -0.05) is 19.3 Å². The molecule has 1 saturated carbocycles. The smallest absolute Gasteiger partial charge is 0.399 e. The van der Waals surface area contributed by atoms with Crippen molar-refractivity contribution in [1.82, 2.24) is 19.9 Å². The Bertz CT molecular complexity index is 1010. The van der Waals surface area contributed by atoms with Crippen molar-refractivity contribution >= 4 is 28.7 Å². The van der Waals surface area contributed by atoms with Crippen LogP contribution in [0.3, 0.4) is 0 Å². The standard InChI is InChI=1S/C23H30N6O2/c1-3-29(4-2)22(30)17-10-12-18(13-11-17)26-23-27-20-19(24-15-25-20)21(28-23)31-14-16-8-6-5-7-9-16/h10-13,15-16H,3-9,14H2,1-2H3,(H2,24,25,26,27,28)/p+1. The molecular formula is C23H31N6O2+. The second kappa shape index (κ2) is 9.76. The van der Waals surface area contributed by atoms with Gasteiger partial charge in [0, 0.05) is 18.7 Å². The first-order valence-corrected chi connectivity index (χ1v) is 11.2. The van der Waals surface area contributed by atoms with Crippen LogP contribution in [0.15, 0.2) is 30.6 Å². The summed E-state index contributed by atoms with van der Waals surface area (Å²) < 4.78 is 6.14. The minimum Gasteiger partial charge on any atom is -0.466 e. The number of amides is 1. The van der Waals surface area contributed by atoms with Crippen molar-refractivity contribution < 1.29 is 14.5 Å². The molecular weight excluding hydrogens is 392 g/mol. The Hall–Kier alpha value is -3.16. The normalized spacial score (nSPS) is 14.5. The van der Waals surface area contributed by atoms with Crippen LogP contribution < -0.4 is 15.0 Å². The van der Waals surface area contributed by atoms with Gasteiger partial charge in [0.25, 0.3) is 17.4 Å². The maximum Gasteiger partial charge on any atom is 0.399 e. The Balaban J connectivity index is 1.48. The highest BCUT2D eigenvalue weighted by Crippen LogP contribution is 2.25. The summed E-state index contributed by atoms with van der Waals surface area (Å²) in [6, 6.07) is 7.42. The molecule has 3 aromatic rings. The zero-order valence-corrected chi connectivity index (χ0v) is 18.3. The molecule has 164 valence electrons. The van der Waals surface area contributed by atoms with Gasteiger partial charge in [-0.15, -0.1) is 0 Å². The van der Waals surface area contributed by atoms with E-state index in [4.69, 9.17) is 4.74 Å². The Morgan fingerprint density at radius 2 is 1.94 bits per heavy atom. The van der Waals surface area contributed by atoms with E-state index < -0.39 is 0 Å². The average Bonchev–Trinajstić information content (AvgIpc) is 3.28. The van der Waals surface area contributed by atoms with Crippen LogP contribution in [-0.2, 0) is 0 Å². The molecule has 31 heavy (non-hydrogen) atoms. The lowest BCUT2D eigenvalue weighted by Crippen LogP contribution is -2.30. The van der Waals surface area contributed by atoms with Crippen LogP contribution in [0.4, 0.5) is 11.6 Å². The molecule has 1 aliphatic rings. The number of nitrogens with zero attached hydrogens (tertiary/aromatic N) is 3. The fraction of sp³-hybridized carbons (Fsp3) is 0.478. The lowest BCUT2D eigenvalue weighted by Gasteiger charge is -2.21. The minimum atomic E-state index is 0.0394. The first kappa shape index (κ1) is 21.1. The molecule has 1 amide bonds. The summed E-state index contributed by atoms with van der Waals surface area (Å²) in [5.74, 6) is 1.82. The van der Waals surface area contributed by atoms with Gasteiger partial charge in [-0.05, 0) is 61.9 Å². The van der Waals surface area contributed by atoms with E-state index >= 15 is 0 Å². The lowest BCUT2D eigenvalue weighted by molar-refractivity contribution is -0.380. The summed E-state index contributed by atoms with van der Waals surface area (Å²) in [4.78, 5) is 29.5. The SMILES string of the molecule is CCN(CC)C(=O)c1ccc(Nc2nc3nc[nH]c3c(OCC3CCCCC3)[nH+]2)cc1. The van der Waals surface area contributed by atoms with Crippen molar-refractivity contribution in [3.63, 3.8) is 0 Å². The molecule has 0 aliphatic heterocycles. The second-order valence-corrected chi connectivity index (χ2v) is 8.01. The maximum absolute atomic E-state index is 12.5. The van der Waals surface area contributed by atoms with Gasteiger partial charge in [0.2, 0.25) is 0 Å². The average molecular weight is 424 g/mol. The van der Waals surface area contributed by atoms with Gasteiger partial charge < -0.3 is 14.6 Å². The van der Waals surface area contributed by atoms with Crippen LogP contribution in [0.1, 0.15) is 56.3 Å². The van der Waals surface area contributed by atoms with E-state index in [1.807, 2.05) is 38.1 Å². The van der Waals surface area contributed by atoms with Crippen LogP contribution in [-0.4, -0.2) is 45.5 Å². The van der Waals surface area contributed by atoms with Crippen molar-refractivity contribution in [1.29, 1.82) is 0 Å². The monoisotopic (exact) mass is 423 g/mol. The number of nitrogens with one attached hydrogen (secondary N) is 3. The number of H-pyrrole nitrogens is 2. The molecule has 8 heteroatoms. The number of benzene rings is 1. The van der Waals surface area contributed by atoms with E-state index in [2.05, 4.69) is 25.3 Å². The Kier molecular flexibility index (Phi) is 6.64. The number of ether oxygens (including phenoxy) is 1. The summed E-state index contributed by atoms with van der Waals surface area (Å²) in [5, 5.41) is 3.26. The number of carbonyl (C=O) groups excluding carboxylic acids is 1. The summed E-state index contributed by atoms with van der Waals surface area (Å²) >= 11 is 0. The maximum atomic E-state index is 12.5. The molecule has 0 unspecified atom stereocenters. The predicted molar refractivity (Wildman–Crippen MR) is 119 cm³/mol. The lowest BCUT2D eigenvalue weighted by atomic mass is 9.90. The van der Waals surface area contributed by atoms with Crippen molar-refractivity contribution in [2.24, 2.45) is 5.92 Å². The van der Waals surface area contributed by atoms with Gasteiger partial charge in [0.1, 0.15) is 0 Å². The van der Waals surface area contributed by atoms with Crippen molar-refractivity contribution in [2.45, 2.75) is 46.0 Å². The Morgan fingerprint density at radius 1 is 1.19 bits per heavy atom. The van der Waals surface area contributed by atoms with Crippen LogP contribution in [0, 0.1) is 5.92 Å². The molecule has 1 aromatic carbocycles. The van der Waals surface area contributed by atoms with E-state index in [-0.39, 0.29) is 5.91 Å². The molecule has 8 nitrogen and oxygen atoms in total. The number of rotatable bonds is 8. The fourth-order valence-electron chi connectivity index (χ4n) is 4.09. The van der Waals surface area contributed by atoms with Crippen molar-refractivity contribution in [2.75, 3.05) is 25.0 Å². The number of anilines is 2. The Labute approximate surface area is 182 Å². The molecule has 2 heterocycles. The first-order chi connectivity index (χ1) is 15.2. The number of fused-ring (bicyclic) bond motifs is 1. The van der Waals surface area contributed by atoms with Gasteiger partial charge in [-0.2, -0.15) is 0 Å². The van der Waals surface area contributed by atoms with Crippen LogP contribution in [0.2, 0.25) is 0 Å². The van der Waals surface area contributed by atoms with Crippen molar-refractivity contribution in [3.8, 4) is 5.88 Å². The van der Waals surface area contributed by atoms with Gasteiger partial charge in [0.05, 0.1) is 18.6 Å². The number of hydrogen-bond donors (Lipinski definition) is 2. The highest BCUT2D eigenvalue weighted by Gasteiger charge is 2.20. The molecule has 0 bridgehead atoms. The van der Waals surface area contributed by atoms with Gasteiger partial charge in [0.15, 0.2) is 5.52 Å². The molecule has 1 fully saturated rings. The first-order valence-electron chi connectivity index (χ1n) is 11.2. The fourth-order valence-corrected chi connectivity index (χ4v) is 4.09. The van der Waals surface area contributed by atoms with E-state index in [0.29, 0.717) is 48.7 Å². The topological polar surface area (TPSA) is 97.3 Å². The molecule has 2 aromatic heterocycles. The number of carbonyl (C=O) groups is 1. The highest BCUT2D eigenvalue weighted by atomic mass is 16.5. The van der Waals surface area contributed by atoms with Crippen LogP contribution in [0.5, 0.6) is 5.88 Å². The van der Waals surface area contributed by atoms with Gasteiger partial charge in [-0.25, -0.2) is 15.3 Å². The number of hydrogen-bond acceptors (Lipinski definition) is 5. The van der Waals surface area contributed by atoms with Gasteiger partial charge in [-0.3, -0.25) is 4.79 Å². The zero-order chi connectivity index (χ0) is 21.6. The number of imidazole rings is 1. The summed E-state index contributed by atoms with van der Waals surface area (Å²) in [6.07, 6.45) is 7.97. The molecule has 1 aliphatic carbocycles. The quantitative estimate of drug-likeness (QED) is 0.572. The second-order valence-electron chi connectivity index (χ2n) is 8.01. The van der Waals surface area contributed by atoms with Gasteiger partial charge >= 0.3 is 5.95 Å². The summed E-state index contributed by atoms with van der Waals surface area (Å²) in [6.45, 7) is 6.05. The van der Waals surface area contributed by atoms with Crippen LogP contribution in [0.25, 0.3) is 11.2 Å². The summed E-state index contributed by atoms with van der Waals surface area (Å²) in [7, 11) is 0. The number of aromatic amines is 2. The molecule has 0 atom stereocenters. The third-order valence-corrected chi connectivity index (χ3v) is 5.93. The minimum absolute atomic E-state index is 0.0394. The number of aromatic nitrogens is 4. The van der Waals surface area contributed by atoms with E-state index in [1.165, 1.54) is 32.1 Å². The molecule has 0 spiro atoms. The largest absolute Gasteiger partial charge is 0.466 e. The summed E-state index contributed by atoms with van der Waals surface area (Å²) in [5.41, 5.74) is 2.85. The van der Waals surface area contributed by atoms with Crippen molar-refractivity contribution in [3.05, 3.63) is 36.2 Å². The highest BCUT2D eigenvalue weighted by molar-refractivity contribution is 5.94. The van der Waals surface area contributed by atoms with E-state index in [9.17, 15) is 4.79 Å². The molecule has 3 N–H and O–H groups in total. The predicted octanol–water partition coefficient (Wildman–Crippen LogP) is 3.96. The molecule has 0 radical (unpaired) electrons. The van der Waals surface area contributed by atoms with E-state index in [0.717, 1.165) is 11.2 Å². The molecule has 4 rings (SSSR count). The Morgan fingerprint density at radius 3 is 2.65 bits per heavy atom. The zero-order valence-electron chi connectivity index (χ0n) is 18.3. The van der Waals surface area contributed by atoms with Crippen LogP contribution >= 0.6 is 0 Å². The van der Waals surface area contributed by atoms with E-state index in [1.54, 1.807) is 11.2 Å². The third kappa shape index (κ3) is 4.95. The third-order valence-electron chi connectivity index (χ3n) is 5.93.